The van der Waals surface area contributed by atoms with Gasteiger partial charge in [-0.1, -0.05) is 6.42 Å². The van der Waals surface area contributed by atoms with Gasteiger partial charge in [-0.2, -0.15) is 0 Å². The van der Waals surface area contributed by atoms with E-state index < -0.39 is 0 Å². The molecule has 0 aliphatic carbocycles. The van der Waals surface area contributed by atoms with Crippen LogP contribution in [0.25, 0.3) is 0 Å². The average Bonchev–Trinajstić information content (AvgIpc) is 2.34. The maximum Gasteiger partial charge on any atom is 0.0619 e. The highest BCUT2D eigenvalue weighted by Crippen LogP contribution is 2.13. The molecule has 0 saturated carbocycles. The van der Waals surface area contributed by atoms with Crippen molar-refractivity contribution in [3.8, 4) is 0 Å². The van der Waals surface area contributed by atoms with Gasteiger partial charge in [0.15, 0.2) is 0 Å². The van der Waals surface area contributed by atoms with Crippen LogP contribution in [-0.4, -0.2) is 49.3 Å². The maximum atomic E-state index is 5.55. The van der Waals surface area contributed by atoms with Crippen LogP contribution in [0.2, 0.25) is 0 Å². The lowest BCUT2D eigenvalue weighted by molar-refractivity contribution is 0.0505. The van der Waals surface area contributed by atoms with E-state index in [-0.39, 0.29) is 0 Å². The number of nitrogens with one attached hydrogen (secondary N) is 1. The number of hydrogen-bond acceptors (Lipinski definition) is 3. The van der Waals surface area contributed by atoms with E-state index >= 15 is 0 Å². The van der Waals surface area contributed by atoms with Gasteiger partial charge in [0, 0.05) is 31.3 Å². The largest absolute Gasteiger partial charge is 0.380 e. The molecule has 2 unspecified atom stereocenters. The molecule has 1 N–H and O–H groups in total. The van der Waals surface area contributed by atoms with Crippen molar-refractivity contribution in [2.24, 2.45) is 0 Å². The number of ether oxygens (including phenoxy) is 1. The molecular weight excluding hydrogens is 212 g/mol. The molecule has 1 heterocycles. The number of nitrogens with zero attached hydrogens (tertiary/aromatic N) is 1. The van der Waals surface area contributed by atoms with Gasteiger partial charge in [-0.3, -0.25) is 4.90 Å². The van der Waals surface area contributed by atoms with E-state index in [1.807, 2.05) is 0 Å². The van der Waals surface area contributed by atoms with E-state index in [4.69, 9.17) is 4.74 Å². The highest BCUT2D eigenvalue weighted by Gasteiger charge is 2.22. The maximum absolute atomic E-state index is 5.55. The molecule has 1 aliphatic rings. The second-order valence-corrected chi connectivity index (χ2v) is 5.45. The van der Waals surface area contributed by atoms with Crippen LogP contribution in [0.1, 0.15) is 47.0 Å². The van der Waals surface area contributed by atoms with Crippen molar-refractivity contribution in [2.75, 3.05) is 26.3 Å². The molecule has 3 nitrogen and oxygen atoms in total. The molecule has 17 heavy (non-hydrogen) atoms. The van der Waals surface area contributed by atoms with Gasteiger partial charge in [0.25, 0.3) is 0 Å². The van der Waals surface area contributed by atoms with Crippen LogP contribution in [0.15, 0.2) is 0 Å². The first-order chi connectivity index (χ1) is 8.15. The van der Waals surface area contributed by atoms with Crippen molar-refractivity contribution in [1.29, 1.82) is 0 Å². The lowest BCUT2D eigenvalue weighted by Gasteiger charge is -2.37. The van der Waals surface area contributed by atoms with Crippen molar-refractivity contribution in [2.45, 2.75) is 65.1 Å². The van der Waals surface area contributed by atoms with Crippen LogP contribution >= 0.6 is 0 Å². The molecule has 0 spiro atoms. The van der Waals surface area contributed by atoms with Crippen molar-refractivity contribution in [1.82, 2.24) is 10.2 Å². The SMILES string of the molecule is CCOCC(C)N(CC1CCCCN1)C(C)C. The molecule has 3 heteroatoms. The summed E-state index contributed by atoms with van der Waals surface area (Å²) in [5.74, 6) is 0. The fraction of sp³-hybridized carbons (Fsp3) is 1.00. The monoisotopic (exact) mass is 242 g/mol. The highest BCUT2D eigenvalue weighted by atomic mass is 16.5. The van der Waals surface area contributed by atoms with Gasteiger partial charge in [0.1, 0.15) is 0 Å². The Balaban J connectivity index is 2.40. The molecule has 0 aromatic rings. The van der Waals surface area contributed by atoms with Gasteiger partial charge in [-0.05, 0) is 47.1 Å². The van der Waals surface area contributed by atoms with E-state index in [0.717, 1.165) is 19.8 Å². The van der Waals surface area contributed by atoms with E-state index in [2.05, 4.69) is 37.9 Å². The summed E-state index contributed by atoms with van der Waals surface area (Å²) in [5.41, 5.74) is 0. The van der Waals surface area contributed by atoms with Crippen LogP contribution in [0.5, 0.6) is 0 Å². The topological polar surface area (TPSA) is 24.5 Å². The van der Waals surface area contributed by atoms with Crippen molar-refractivity contribution < 1.29 is 4.74 Å². The third-order valence-electron chi connectivity index (χ3n) is 3.64. The Morgan fingerprint density at radius 3 is 2.59 bits per heavy atom. The van der Waals surface area contributed by atoms with Crippen molar-refractivity contribution in [3.05, 3.63) is 0 Å². The Kier molecular flexibility index (Phi) is 7.09. The minimum absolute atomic E-state index is 0.513. The van der Waals surface area contributed by atoms with Crippen LogP contribution in [0.4, 0.5) is 0 Å². The van der Waals surface area contributed by atoms with E-state index in [0.29, 0.717) is 18.1 Å². The van der Waals surface area contributed by atoms with Crippen LogP contribution in [0, 0.1) is 0 Å². The summed E-state index contributed by atoms with van der Waals surface area (Å²) in [6, 6.07) is 1.78. The quantitative estimate of drug-likeness (QED) is 0.741. The summed E-state index contributed by atoms with van der Waals surface area (Å²) >= 11 is 0. The van der Waals surface area contributed by atoms with Gasteiger partial charge in [0.05, 0.1) is 6.61 Å². The van der Waals surface area contributed by atoms with E-state index in [9.17, 15) is 0 Å². The summed E-state index contributed by atoms with van der Waals surface area (Å²) in [6.07, 6.45) is 4.04. The zero-order chi connectivity index (χ0) is 12.7. The van der Waals surface area contributed by atoms with Crippen molar-refractivity contribution in [3.63, 3.8) is 0 Å². The second-order valence-electron chi connectivity index (χ2n) is 5.45. The Labute approximate surface area is 107 Å². The van der Waals surface area contributed by atoms with Gasteiger partial charge >= 0.3 is 0 Å². The van der Waals surface area contributed by atoms with Crippen molar-refractivity contribution >= 4 is 0 Å². The normalized spacial score (nSPS) is 23.3. The molecule has 2 atom stereocenters. The highest BCUT2D eigenvalue weighted by molar-refractivity contribution is 4.80. The first-order valence-electron chi connectivity index (χ1n) is 7.22. The third-order valence-corrected chi connectivity index (χ3v) is 3.64. The number of rotatable bonds is 7. The summed E-state index contributed by atoms with van der Waals surface area (Å²) < 4.78 is 5.55. The summed E-state index contributed by atoms with van der Waals surface area (Å²) in [5, 5.41) is 3.63. The summed E-state index contributed by atoms with van der Waals surface area (Å²) in [7, 11) is 0. The van der Waals surface area contributed by atoms with Gasteiger partial charge in [-0.25, -0.2) is 0 Å². The molecule has 0 amide bonds. The van der Waals surface area contributed by atoms with Crippen LogP contribution in [-0.2, 0) is 4.74 Å². The third kappa shape index (κ3) is 5.36. The first kappa shape index (κ1) is 14.9. The Morgan fingerprint density at radius 1 is 1.29 bits per heavy atom. The minimum atomic E-state index is 0.513. The molecule has 1 rings (SSSR count). The first-order valence-corrected chi connectivity index (χ1v) is 7.22. The van der Waals surface area contributed by atoms with Crippen LogP contribution in [0.3, 0.4) is 0 Å². The molecule has 0 aromatic carbocycles. The van der Waals surface area contributed by atoms with Gasteiger partial charge in [-0.15, -0.1) is 0 Å². The Morgan fingerprint density at radius 2 is 2.06 bits per heavy atom. The fourth-order valence-corrected chi connectivity index (χ4v) is 2.62. The standard InChI is InChI=1S/C14H30N2O/c1-5-17-11-13(4)16(12(2)3)10-14-8-6-7-9-15-14/h12-15H,5-11H2,1-4H3. The minimum Gasteiger partial charge on any atom is -0.380 e. The molecule has 1 fully saturated rings. The van der Waals surface area contributed by atoms with Gasteiger partial charge in [0.2, 0.25) is 0 Å². The number of hydrogen-bond donors (Lipinski definition) is 1. The molecule has 0 radical (unpaired) electrons. The molecule has 0 aromatic heterocycles. The predicted octanol–water partition coefficient (Wildman–Crippen LogP) is 2.26. The molecular formula is C14H30N2O. The zero-order valence-corrected chi connectivity index (χ0v) is 12.0. The summed E-state index contributed by atoms with van der Waals surface area (Å²) in [6.45, 7) is 12.9. The lowest BCUT2D eigenvalue weighted by Crippen LogP contribution is -2.50. The Bertz CT molecular complexity index is 191. The second kappa shape index (κ2) is 8.06. The van der Waals surface area contributed by atoms with Crippen LogP contribution < -0.4 is 5.32 Å². The molecule has 1 saturated heterocycles. The molecule has 1 aliphatic heterocycles. The number of piperidine rings is 1. The zero-order valence-electron chi connectivity index (χ0n) is 12.0. The van der Waals surface area contributed by atoms with E-state index in [1.54, 1.807) is 0 Å². The lowest BCUT2D eigenvalue weighted by atomic mass is 10.0. The average molecular weight is 242 g/mol. The fourth-order valence-electron chi connectivity index (χ4n) is 2.62. The molecule has 0 bridgehead atoms. The molecule has 102 valence electrons. The summed E-state index contributed by atoms with van der Waals surface area (Å²) in [4.78, 5) is 2.57. The predicted molar refractivity (Wildman–Crippen MR) is 73.4 cm³/mol. The Hall–Kier alpha value is -0.120. The smallest absolute Gasteiger partial charge is 0.0619 e. The van der Waals surface area contributed by atoms with Gasteiger partial charge < -0.3 is 10.1 Å². The van der Waals surface area contributed by atoms with E-state index in [1.165, 1.54) is 25.8 Å².